The van der Waals surface area contributed by atoms with Crippen molar-refractivity contribution in [2.45, 2.75) is 12.7 Å². The molecule has 3 aromatic rings. The van der Waals surface area contributed by atoms with Crippen LogP contribution in [0.4, 0.5) is 17.6 Å². The van der Waals surface area contributed by atoms with E-state index in [1.165, 1.54) is 12.1 Å². The molecule has 2 aromatic carbocycles. The van der Waals surface area contributed by atoms with Gasteiger partial charge < -0.3 is 5.32 Å². The van der Waals surface area contributed by atoms with Crippen LogP contribution in [0.1, 0.15) is 21.6 Å². The summed E-state index contributed by atoms with van der Waals surface area (Å²) in [6, 6.07) is 8.86. The van der Waals surface area contributed by atoms with E-state index < -0.39 is 29.2 Å². The lowest BCUT2D eigenvalue weighted by molar-refractivity contribution is -0.143. The molecule has 1 heterocycles. The molecule has 0 aliphatic rings. The summed E-state index contributed by atoms with van der Waals surface area (Å²) in [5.74, 6) is -1.57. The second kappa shape index (κ2) is 7.81. The van der Waals surface area contributed by atoms with Gasteiger partial charge in [0.05, 0.1) is 27.5 Å². The summed E-state index contributed by atoms with van der Waals surface area (Å²) < 4.78 is 54.3. The molecule has 0 saturated carbocycles. The number of aromatic nitrogens is 2. The van der Waals surface area contributed by atoms with Crippen molar-refractivity contribution in [3.8, 4) is 5.69 Å². The van der Waals surface area contributed by atoms with Crippen molar-refractivity contribution in [1.29, 1.82) is 0 Å². The van der Waals surface area contributed by atoms with Crippen LogP contribution in [0, 0.1) is 5.82 Å². The van der Waals surface area contributed by atoms with Crippen LogP contribution in [0.25, 0.3) is 5.69 Å². The quantitative estimate of drug-likeness (QED) is 0.572. The molecular weight excluding hydrogens is 421 g/mol. The van der Waals surface area contributed by atoms with E-state index in [0.29, 0.717) is 15.3 Å². The zero-order valence-electron chi connectivity index (χ0n) is 13.9. The number of carbonyl (C=O) groups excluding carboxylic acids is 1. The number of nitrogens with zero attached hydrogens (tertiary/aromatic N) is 2. The Morgan fingerprint density at radius 3 is 2.36 bits per heavy atom. The van der Waals surface area contributed by atoms with Gasteiger partial charge in [-0.05, 0) is 42.0 Å². The van der Waals surface area contributed by atoms with Crippen LogP contribution in [0.3, 0.4) is 0 Å². The molecule has 0 bridgehead atoms. The normalized spacial score (nSPS) is 11.5. The van der Waals surface area contributed by atoms with Crippen LogP contribution in [-0.4, -0.2) is 15.7 Å². The number of hydrogen-bond acceptors (Lipinski definition) is 2. The molecule has 146 valence electrons. The highest BCUT2D eigenvalue weighted by Gasteiger charge is 2.40. The molecule has 0 radical (unpaired) electrons. The first-order valence-corrected chi connectivity index (χ1v) is 8.55. The third-order valence-electron chi connectivity index (χ3n) is 3.79. The topological polar surface area (TPSA) is 46.9 Å². The van der Waals surface area contributed by atoms with Crippen LogP contribution in [0.2, 0.25) is 10.0 Å². The first-order chi connectivity index (χ1) is 13.2. The Labute approximate surface area is 166 Å². The molecule has 3 rings (SSSR count). The number of halogens is 6. The summed E-state index contributed by atoms with van der Waals surface area (Å²) in [4.78, 5) is 12.4. The van der Waals surface area contributed by atoms with Gasteiger partial charge in [0.15, 0.2) is 5.69 Å². The zero-order chi connectivity index (χ0) is 20.5. The lowest BCUT2D eigenvalue weighted by atomic mass is 10.2. The standard InChI is InChI=1S/C18H11Cl2F4N3O/c19-14-6-1-10(7-15(14)20)8-25-17(28)13-9-26-27(16(13)18(22,23)24)12-4-2-11(21)3-5-12/h1-7,9H,8H2,(H,25,28). The number of amides is 1. The van der Waals surface area contributed by atoms with E-state index in [1.807, 2.05) is 0 Å². The number of hydrogen-bond donors (Lipinski definition) is 1. The molecule has 1 aromatic heterocycles. The number of nitrogens with one attached hydrogen (secondary N) is 1. The third-order valence-corrected chi connectivity index (χ3v) is 4.53. The highest BCUT2D eigenvalue weighted by Crippen LogP contribution is 2.33. The Morgan fingerprint density at radius 2 is 1.75 bits per heavy atom. The molecule has 0 unspecified atom stereocenters. The van der Waals surface area contributed by atoms with Crippen LogP contribution >= 0.6 is 23.2 Å². The fourth-order valence-corrected chi connectivity index (χ4v) is 2.81. The van der Waals surface area contributed by atoms with Gasteiger partial charge in [-0.3, -0.25) is 4.79 Å². The van der Waals surface area contributed by atoms with Gasteiger partial charge in [0.1, 0.15) is 5.82 Å². The molecule has 0 aliphatic heterocycles. The van der Waals surface area contributed by atoms with Crippen molar-refractivity contribution in [2.75, 3.05) is 0 Å². The molecule has 0 saturated heterocycles. The molecule has 0 atom stereocenters. The average Bonchev–Trinajstić information content (AvgIpc) is 3.09. The highest BCUT2D eigenvalue weighted by molar-refractivity contribution is 6.42. The van der Waals surface area contributed by atoms with Gasteiger partial charge in [0.25, 0.3) is 5.91 Å². The molecule has 28 heavy (non-hydrogen) atoms. The third kappa shape index (κ3) is 4.28. The number of rotatable bonds is 4. The Morgan fingerprint density at radius 1 is 1.07 bits per heavy atom. The van der Waals surface area contributed by atoms with Crippen molar-refractivity contribution in [3.05, 3.63) is 81.3 Å². The first kappa shape index (κ1) is 20.2. The summed E-state index contributed by atoms with van der Waals surface area (Å²) in [5.41, 5.74) is -1.39. The Bertz CT molecular complexity index is 1020. The molecule has 0 aliphatic carbocycles. The number of carbonyl (C=O) groups is 1. The van der Waals surface area contributed by atoms with E-state index in [0.717, 1.165) is 30.5 Å². The minimum atomic E-state index is -4.86. The second-order valence-electron chi connectivity index (χ2n) is 5.72. The van der Waals surface area contributed by atoms with Crippen molar-refractivity contribution in [2.24, 2.45) is 0 Å². The van der Waals surface area contributed by atoms with Gasteiger partial charge in [-0.25, -0.2) is 9.07 Å². The number of benzene rings is 2. The summed E-state index contributed by atoms with van der Waals surface area (Å²) >= 11 is 11.7. The van der Waals surface area contributed by atoms with Crippen molar-refractivity contribution >= 4 is 29.1 Å². The molecule has 1 N–H and O–H groups in total. The van der Waals surface area contributed by atoms with Crippen LogP contribution in [0.15, 0.2) is 48.7 Å². The molecule has 10 heteroatoms. The monoisotopic (exact) mass is 431 g/mol. The number of alkyl halides is 3. The largest absolute Gasteiger partial charge is 0.434 e. The van der Waals surface area contributed by atoms with E-state index >= 15 is 0 Å². The van der Waals surface area contributed by atoms with Gasteiger partial charge in [-0.15, -0.1) is 0 Å². The van der Waals surface area contributed by atoms with Gasteiger partial charge >= 0.3 is 6.18 Å². The summed E-state index contributed by atoms with van der Waals surface area (Å²) in [7, 11) is 0. The van der Waals surface area contributed by atoms with Gasteiger partial charge in [-0.1, -0.05) is 29.3 Å². The maximum absolute atomic E-state index is 13.6. The Kier molecular flexibility index (Phi) is 5.62. The molecular formula is C18H11Cl2F4N3O. The predicted molar refractivity (Wildman–Crippen MR) is 96.2 cm³/mol. The lowest BCUT2D eigenvalue weighted by Crippen LogP contribution is -2.26. The summed E-state index contributed by atoms with van der Waals surface area (Å²) in [6.07, 6.45) is -4.04. The van der Waals surface area contributed by atoms with E-state index in [1.54, 1.807) is 6.07 Å². The fraction of sp³-hybridized carbons (Fsp3) is 0.111. The predicted octanol–water partition coefficient (Wildman–Crippen LogP) is 5.27. The molecule has 4 nitrogen and oxygen atoms in total. The van der Waals surface area contributed by atoms with Crippen LogP contribution in [-0.2, 0) is 12.7 Å². The molecule has 0 fully saturated rings. The summed E-state index contributed by atoms with van der Waals surface area (Å²) in [5, 5.41) is 6.63. The van der Waals surface area contributed by atoms with Crippen molar-refractivity contribution in [1.82, 2.24) is 15.1 Å². The lowest BCUT2D eigenvalue weighted by Gasteiger charge is -2.13. The second-order valence-corrected chi connectivity index (χ2v) is 6.54. The SMILES string of the molecule is O=C(NCc1ccc(Cl)c(Cl)c1)c1cnn(-c2ccc(F)cc2)c1C(F)(F)F. The van der Waals surface area contributed by atoms with Gasteiger partial charge in [-0.2, -0.15) is 18.3 Å². The molecule has 0 spiro atoms. The van der Waals surface area contributed by atoms with Gasteiger partial charge in [0, 0.05) is 6.54 Å². The maximum Gasteiger partial charge on any atom is 0.434 e. The van der Waals surface area contributed by atoms with E-state index in [4.69, 9.17) is 23.2 Å². The van der Waals surface area contributed by atoms with Crippen molar-refractivity contribution in [3.63, 3.8) is 0 Å². The van der Waals surface area contributed by atoms with Crippen LogP contribution in [0.5, 0.6) is 0 Å². The molecule has 1 amide bonds. The van der Waals surface area contributed by atoms with E-state index in [9.17, 15) is 22.4 Å². The Hall–Kier alpha value is -2.58. The highest BCUT2D eigenvalue weighted by atomic mass is 35.5. The minimum Gasteiger partial charge on any atom is -0.348 e. The zero-order valence-corrected chi connectivity index (χ0v) is 15.4. The van der Waals surface area contributed by atoms with E-state index in [2.05, 4.69) is 10.4 Å². The van der Waals surface area contributed by atoms with Gasteiger partial charge in [0.2, 0.25) is 0 Å². The fourth-order valence-electron chi connectivity index (χ4n) is 2.49. The van der Waals surface area contributed by atoms with Crippen LogP contribution < -0.4 is 5.32 Å². The Balaban J connectivity index is 1.89. The van der Waals surface area contributed by atoms with Crippen molar-refractivity contribution < 1.29 is 22.4 Å². The van der Waals surface area contributed by atoms with E-state index in [-0.39, 0.29) is 17.3 Å². The maximum atomic E-state index is 13.6. The summed E-state index contributed by atoms with van der Waals surface area (Å²) in [6.45, 7) is -0.0608. The minimum absolute atomic E-state index is 0.0303. The smallest absolute Gasteiger partial charge is 0.348 e. The average molecular weight is 432 g/mol. The first-order valence-electron chi connectivity index (χ1n) is 7.80.